The van der Waals surface area contributed by atoms with Crippen LogP contribution in [0.4, 0.5) is 0 Å². The predicted molar refractivity (Wildman–Crippen MR) is 263 cm³/mol. The summed E-state index contributed by atoms with van der Waals surface area (Å²) >= 11 is 0. The predicted octanol–water partition coefficient (Wildman–Crippen LogP) is 17.2. The van der Waals surface area contributed by atoms with Crippen LogP contribution in [-0.2, 0) is 0 Å². The summed E-state index contributed by atoms with van der Waals surface area (Å²) in [7, 11) is 0. The molecule has 0 fully saturated rings. The Balaban J connectivity index is 1.33. The Hall–Kier alpha value is -7.80. The van der Waals surface area contributed by atoms with Crippen molar-refractivity contribution >= 4 is 129 Å². The average Bonchev–Trinajstić information content (AvgIpc) is 3.26. The van der Waals surface area contributed by atoms with Crippen molar-refractivity contribution in [2.75, 3.05) is 0 Å². The first kappa shape index (κ1) is 33.2. The molecule has 0 N–H and O–H groups in total. The van der Waals surface area contributed by atoms with Gasteiger partial charge in [0.15, 0.2) is 0 Å². The fraction of sp³-hybridized carbons (Fsp3) is 0. The fourth-order valence-corrected chi connectivity index (χ4v) is 9.65. The van der Waals surface area contributed by atoms with Gasteiger partial charge in [-0.2, -0.15) is 0 Å². The Morgan fingerprint density at radius 2 is 0.300 bits per heavy atom. The van der Waals surface area contributed by atoms with E-state index >= 15 is 0 Å². The van der Waals surface area contributed by atoms with Crippen molar-refractivity contribution in [3.63, 3.8) is 0 Å². The fourth-order valence-electron chi connectivity index (χ4n) is 9.65. The van der Waals surface area contributed by atoms with E-state index in [1.54, 1.807) is 0 Å². The van der Waals surface area contributed by atoms with Gasteiger partial charge in [0, 0.05) is 0 Å². The molecule has 0 radical (unpaired) electrons. The topological polar surface area (TPSA) is 0 Å². The van der Waals surface area contributed by atoms with Gasteiger partial charge in [-0.3, -0.25) is 0 Å². The second-order valence-corrected chi connectivity index (χ2v) is 16.7. The van der Waals surface area contributed by atoms with Crippen LogP contribution in [0.15, 0.2) is 218 Å². The number of fused-ring (bicyclic) bond motifs is 13. The van der Waals surface area contributed by atoms with E-state index in [2.05, 4.69) is 218 Å². The molecule has 0 heteroatoms. The van der Waals surface area contributed by atoms with Crippen molar-refractivity contribution in [3.8, 4) is 0 Å². The van der Waals surface area contributed by atoms with E-state index in [1.807, 2.05) is 0 Å². The van der Waals surface area contributed by atoms with Crippen molar-refractivity contribution in [3.05, 3.63) is 218 Å². The normalized spacial score (nSPS) is 12.0. The lowest BCUT2D eigenvalue weighted by Crippen LogP contribution is -1.80. The summed E-state index contributed by atoms with van der Waals surface area (Å²) in [6, 6.07) is 83.4. The lowest BCUT2D eigenvalue weighted by Gasteiger charge is -2.07. The Labute approximate surface area is 346 Å². The molecule has 276 valence electrons. The summed E-state index contributed by atoms with van der Waals surface area (Å²) in [5.74, 6) is 0. The Morgan fingerprint density at radius 3 is 0.650 bits per heavy atom. The SMILES string of the molecule is c1cc2ccc3cc4ccc5cc6cc(ccc7cc5c5ccc8cc(ccc7c5)c5ccc7cc(ccc8c5)c5ccc2cc1ccc7c5)c1ccc4cc3ccc6c1. The zero-order valence-electron chi connectivity index (χ0n) is 32.8. The number of rotatable bonds is 0. The third-order valence-corrected chi connectivity index (χ3v) is 13.0. The maximum atomic E-state index is 2.40. The van der Waals surface area contributed by atoms with Crippen LogP contribution < -0.4 is 0 Å². The van der Waals surface area contributed by atoms with Crippen LogP contribution in [0.3, 0.4) is 0 Å². The lowest BCUT2D eigenvalue weighted by molar-refractivity contribution is 1.79. The average molecular weight is 757 g/mol. The third-order valence-electron chi connectivity index (χ3n) is 13.0. The largest absolute Gasteiger partial charge is 0.0543 e. The minimum Gasteiger partial charge on any atom is -0.0543 e. The zero-order chi connectivity index (χ0) is 39.3. The first-order valence-corrected chi connectivity index (χ1v) is 20.9. The molecule has 0 nitrogen and oxygen atoms in total. The summed E-state index contributed by atoms with van der Waals surface area (Å²) in [6.07, 6.45) is 0. The van der Waals surface area contributed by atoms with Crippen LogP contribution in [-0.4, -0.2) is 0 Å². The van der Waals surface area contributed by atoms with Crippen LogP contribution in [0.25, 0.3) is 129 Å². The van der Waals surface area contributed by atoms with E-state index in [4.69, 9.17) is 0 Å². The van der Waals surface area contributed by atoms with Gasteiger partial charge in [0.25, 0.3) is 0 Å². The van der Waals surface area contributed by atoms with Crippen LogP contribution in [0.5, 0.6) is 0 Å². The molecule has 0 heterocycles. The molecule has 0 amide bonds. The molecule has 16 rings (SSSR count). The number of hydrogen-bond donors (Lipinski definition) is 0. The van der Waals surface area contributed by atoms with Gasteiger partial charge in [-0.1, -0.05) is 146 Å². The molecule has 0 aliphatic rings. The van der Waals surface area contributed by atoms with E-state index in [9.17, 15) is 0 Å². The monoisotopic (exact) mass is 756 g/mol. The highest BCUT2D eigenvalue weighted by atomic mass is 14.1. The van der Waals surface area contributed by atoms with Crippen LogP contribution in [0, 0.1) is 0 Å². The summed E-state index contributed by atoms with van der Waals surface area (Å²) < 4.78 is 0. The summed E-state index contributed by atoms with van der Waals surface area (Å²) in [5.41, 5.74) is 0. The highest BCUT2D eigenvalue weighted by molar-refractivity contribution is 6.10. The molecule has 16 aromatic rings. The summed E-state index contributed by atoms with van der Waals surface area (Å²) in [5, 5.41) is 28.6. The van der Waals surface area contributed by atoms with Gasteiger partial charge in [-0.05, 0) is 202 Å². The molecule has 0 atom stereocenters. The maximum absolute atomic E-state index is 2.40. The maximum Gasteiger partial charge on any atom is -0.0105 e. The molecule has 0 aromatic heterocycles. The standard InChI is InChI=1S/C60H36/c1-3-38-5-6-41-27-52-22-24-58-35-59-34-54(50-14-13-48(52)30-49(41)17-19-55(59)32-50)18-20-56-36-60(58)57-23-21-51-31-46(15-16-53(56)33-57)45-10-9-42-28-44(11-12-47(51)29-45)43-8-7-39(38)25-37(1)2-4-40(42)26-43/h1-36H. The highest BCUT2D eigenvalue weighted by Crippen LogP contribution is 2.33. The Bertz CT molecular complexity index is 4120. The number of hydrogen-bond acceptors (Lipinski definition) is 0. The van der Waals surface area contributed by atoms with E-state index in [1.165, 1.54) is 129 Å². The molecule has 23 bridgehead atoms. The molecular weight excluding hydrogens is 721 g/mol. The van der Waals surface area contributed by atoms with Crippen molar-refractivity contribution < 1.29 is 0 Å². The molecule has 0 aliphatic heterocycles. The van der Waals surface area contributed by atoms with Crippen molar-refractivity contribution in [2.45, 2.75) is 0 Å². The van der Waals surface area contributed by atoms with Crippen molar-refractivity contribution in [2.24, 2.45) is 0 Å². The molecule has 60 heavy (non-hydrogen) atoms. The van der Waals surface area contributed by atoms with Gasteiger partial charge in [0.1, 0.15) is 0 Å². The van der Waals surface area contributed by atoms with Crippen LogP contribution in [0.1, 0.15) is 0 Å². The smallest absolute Gasteiger partial charge is 0.0105 e. The van der Waals surface area contributed by atoms with Crippen LogP contribution >= 0.6 is 0 Å². The van der Waals surface area contributed by atoms with Gasteiger partial charge < -0.3 is 0 Å². The van der Waals surface area contributed by atoms with E-state index in [0.717, 1.165) is 0 Å². The molecular formula is C60H36. The Morgan fingerprint density at radius 1 is 0.117 bits per heavy atom. The quantitative estimate of drug-likeness (QED) is 0.145. The van der Waals surface area contributed by atoms with E-state index in [-0.39, 0.29) is 0 Å². The van der Waals surface area contributed by atoms with Gasteiger partial charge in [-0.15, -0.1) is 0 Å². The van der Waals surface area contributed by atoms with Gasteiger partial charge in [0.05, 0.1) is 0 Å². The molecule has 0 aliphatic carbocycles. The second kappa shape index (κ2) is 12.9. The van der Waals surface area contributed by atoms with E-state index in [0.29, 0.717) is 0 Å². The Kier molecular flexibility index (Phi) is 7.11. The first-order chi connectivity index (χ1) is 29.6. The zero-order valence-corrected chi connectivity index (χ0v) is 32.8. The summed E-state index contributed by atoms with van der Waals surface area (Å²) in [6.45, 7) is 0. The molecule has 0 saturated heterocycles. The molecule has 0 unspecified atom stereocenters. The minimum atomic E-state index is 1.17. The molecule has 16 aromatic carbocycles. The minimum absolute atomic E-state index is 1.17. The highest BCUT2D eigenvalue weighted by Gasteiger charge is 2.06. The van der Waals surface area contributed by atoms with Gasteiger partial charge in [0.2, 0.25) is 0 Å². The number of benzene rings is 6. The third kappa shape index (κ3) is 5.53. The second-order valence-electron chi connectivity index (χ2n) is 16.7. The summed E-state index contributed by atoms with van der Waals surface area (Å²) in [4.78, 5) is 0. The molecule has 0 spiro atoms. The van der Waals surface area contributed by atoms with E-state index < -0.39 is 0 Å². The van der Waals surface area contributed by atoms with Crippen LogP contribution in [0.2, 0.25) is 0 Å². The van der Waals surface area contributed by atoms with Crippen molar-refractivity contribution in [1.29, 1.82) is 0 Å². The van der Waals surface area contributed by atoms with Gasteiger partial charge in [-0.25, -0.2) is 0 Å². The first-order valence-electron chi connectivity index (χ1n) is 20.9. The van der Waals surface area contributed by atoms with Gasteiger partial charge >= 0.3 is 0 Å². The molecule has 0 saturated carbocycles. The van der Waals surface area contributed by atoms with Crippen molar-refractivity contribution in [1.82, 2.24) is 0 Å². The lowest BCUT2D eigenvalue weighted by atomic mass is 9.97.